The number of carbonyl (C=O) groups is 2. The summed E-state index contributed by atoms with van der Waals surface area (Å²) in [6.07, 6.45) is 3.70. The van der Waals surface area contributed by atoms with E-state index in [2.05, 4.69) is 27.1 Å². The molecule has 0 saturated carbocycles. The number of carbonyl (C=O) groups excluding carboxylic acids is 1. The van der Waals surface area contributed by atoms with Crippen molar-refractivity contribution < 1.29 is 14.7 Å². The van der Waals surface area contributed by atoms with E-state index in [4.69, 9.17) is 0 Å². The van der Waals surface area contributed by atoms with Crippen LogP contribution in [0.25, 0.3) is 0 Å². The highest BCUT2D eigenvalue weighted by Gasteiger charge is 2.21. The smallest absolute Gasteiger partial charge is 0.326 e. The molecule has 0 aromatic carbocycles. The van der Waals surface area contributed by atoms with E-state index in [-0.39, 0.29) is 5.91 Å². The molecule has 2 N–H and O–H groups in total. The fourth-order valence-electron chi connectivity index (χ4n) is 2.68. The number of piperazine rings is 1. The highest BCUT2D eigenvalue weighted by Crippen LogP contribution is 2.15. The highest BCUT2D eigenvalue weighted by atomic mass is 16.4. The van der Waals surface area contributed by atoms with Gasteiger partial charge in [0.05, 0.1) is 0 Å². The predicted octanol–water partition coefficient (Wildman–Crippen LogP) is 1.21. The molecule has 1 aromatic heterocycles. The molecule has 1 atom stereocenters. The molecule has 1 fully saturated rings. The molecule has 1 aliphatic rings. The van der Waals surface area contributed by atoms with Crippen LogP contribution in [0.15, 0.2) is 18.3 Å². The van der Waals surface area contributed by atoms with E-state index < -0.39 is 12.0 Å². The van der Waals surface area contributed by atoms with Gasteiger partial charge in [0, 0.05) is 37.9 Å². The lowest BCUT2D eigenvalue weighted by Crippen LogP contribution is -2.45. The summed E-state index contributed by atoms with van der Waals surface area (Å²) >= 11 is 0. The van der Waals surface area contributed by atoms with Gasteiger partial charge in [0.25, 0.3) is 5.91 Å². The standard InChI is InChI=1S/C17H26N4O3/c1-3-4-5-14(17(23)24)19-16(22)13-6-7-18-15(12-13)21-10-8-20(2)9-11-21/h6-7,12,14H,3-5,8-11H2,1-2H3,(H,19,22)(H,23,24)/t14-/m0/s1. The van der Waals surface area contributed by atoms with E-state index in [1.807, 2.05) is 6.92 Å². The van der Waals surface area contributed by atoms with Gasteiger partial charge in [-0.3, -0.25) is 4.79 Å². The molecule has 0 radical (unpaired) electrons. The number of amides is 1. The van der Waals surface area contributed by atoms with Crippen LogP contribution in [0.1, 0.15) is 36.5 Å². The number of nitrogens with one attached hydrogen (secondary N) is 1. The molecule has 0 aliphatic carbocycles. The third-order valence-electron chi connectivity index (χ3n) is 4.28. The Morgan fingerprint density at radius 1 is 1.33 bits per heavy atom. The number of carboxylic acid groups (broad SMARTS) is 1. The molecule has 0 bridgehead atoms. The number of pyridine rings is 1. The number of carboxylic acids is 1. The summed E-state index contributed by atoms with van der Waals surface area (Å²) in [5.41, 5.74) is 0.446. The van der Waals surface area contributed by atoms with Crippen molar-refractivity contribution in [1.29, 1.82) is 0 Å². The Kier molecular flexibility index (Phi) is 6.54. The van der Waals surface area contributed by atoms with E-state index >= 15 is 0 Å². The van der Waals surface area contributed by atoms with Crippen molar-refractivity contribution in [3.05, 3.63) is 23.9 Å². The molecule has 7 nitrogen and oxygen atoms in total. The molecule has 1 saturated heterocycles. The molecular weight excluding hydrogens is 308 g/mol. The number of aromatic nitrogens is 1. The minimum Gasteiger partial charge on any atom is -0.480 e. The summed E-state index contributed by atoms with van der Waals surface area (Å²) in [6.45, 7) is 5.63. The van der Waals surface area contributed by atoms with Crippen molar-refractivity contribution in [2.24, 2.45) is 0 Å². The van der Waals surface area contributed by atoms with Gasteiger partial charge in [-0.25, -0.2) is 9.78 Å². The number of hydrogen-bond donors (Lipinski definition) is 2. The zero-order valence-electron chi connectivity index (χ0n) is 14.4. The summed E-state index contributed by atoms with van der Waals surface area (Å²) in [6, 6.07) is 2.50. The molecule has 1 aliphatic heterocycles. The minimum atomic E-state index is -0.995. The number of hydrogen-bond acceptors (Lipinski definition) is 5. The Labute approximate surface area is 142 Å². The van der Waals surface area contributed by atoms with E-state index in [0.29, 0.717) is 12.0 Å². The number of unbranched alkanes of at least 4 members (excludes halogenated alkanes) is 1. The average molecular weight is 334 g/mol. The number of aliphatic carboxylic acids is 1. The first kappa shape index (κ1) is 18.2. The normalized spacial score (nSPS) is 16.7. The van der Waals surface area contributed by atoms with Gasteiger partial charge in [0.15, 0.2) is 0 Å². The molecule has 1 amide bonds. The maximum absolute atomic E-state index is 12.4. The summed E-state index contributed by atoms with van der Waals surface area (Å²) < 4.78 is 0. The van der Waals surface area contributed by atoms with Gasteiger partial charge in [-0.1, -0.05) is 19.8 Å². The lowest BCUT2D eigenvalue weighted by atomic mass is 10.1. The Hall–Kier alpha value is -2.15. The Balaban J connectivity index is 2.04. The largest absolute Gasteiger partial charge is 0.480 e. The van der Waals surface area contributed by atoms with Gasteiger partial charge >= 0.3 is 5.97 Å². The molecule has 1 aromatic rings. The first-order valence-corrected chi connectivity index (χ1v) is 8.44. The van der Waals surface area contributed by atoms with Crippen LogP contribution in [0, 0.1) is 0 Å². The zero-order chi connectivity index (χ0) is 17.5. The second-order valence-electron chi connectivity index (χ2n) is 6.20. The van der Waals surface area contributed by atoms with Crippen LogP contribution in [-0.2, 0) is 4.79 Å². The topological polar surface area (TPSA) is 85.8 Å². The molecule has 0 unspecified atom stereocenters. The fraction of sp³-hybridized carbons (Fsp3) is 0.588. The van der Waals surface area contributed by atoms with Crippen LogP contribution in [0.4, 0.5) is 5.82 Å². The summed E-state index contributed by atoms with van der Waals surface area (Å²) in [5, 5.41) is 11.9. The molecule has 7 heteroatoms. The monoisotopic (exact) mass is 334 g/mol. The number of likely N-dealkylation sites (N-methyl/N-ethyl adjacent to an activating group) is 1. The molecule has 132 valence electrons. The fourth-order valence-corrected chi connectivity index (χ4v) is 2.68. The molecular formula is C17H26N4O3. The predicted molar refractivity (Wildman–Crippen MR) is 92.4 cm³/mol. The molecule has 2 heterocycles. The third-order valence-corrected chi connectivity index (χ3v) is 4.28. The second kappa shape index (κ2) is 8.63. The average Bonchev–Trinajstić information content (AvgIpc) is 2.59. The second-order valence-corrected chi connectivity index (χ2v) is 6.20. The number of nitrogens with zero attached hydrogens (tertiary/aromatic N) is 3. The van der Waals surface area contributed by atoms with Gasteiger partial charge in [-0.2, -0.15) is 0 Å². The lowest BCUT2D eigenvalue weighted by molar-refractivity contribution is -0.139. The quantitative estimate of drug-likeness (QED) is 0.779. The number of rotatable bonds is 7. The Bertz CT molecular complexity index is 571. The molecule has 0 spiro atoms. The van der Waals surface area contributed by atoms with Crippen molar-refractivity contribution >= 4 is 17.7 Å². The number of anilines is 1. The SMILES string of the molecule is CCCC[C@H](NC(=O)c1ccnc(N2CCN(C)CC2)c1)C(=O)O. The van der Waals surface area contributed by atoms with Crippen molar-refractivity contribution in [3.8, 4) is 0 Å². The first-order chi connectivity index (χ1) is 11.5. The van der Waals surface area contributed by atoms with Crippen molar-refractivity contribution in [2.75, 3.05) is 38.1 Å². The van der Waals surface area contributed by atoms with Crippen LogP contribution < -0.4 is 10.2 Å². The van der Waals surface area contributed by atoms with Crippen molar-refractivity contribution in [3.63, 3.8) is 0 Å². The Morgan fingerprint density at radius 3 is 2.67 bits per heavy atom. The van der Waals surface area contributed by atoms with Gasteiger partial charge in [0.2, 0.25) is 0 Å². The summed E-state index contributed by atoms with van der Waals surface area (Å²) in [5.74, 6) is -0.599. The summed E-state index contributed by atoms with van der Waals surface area (Å²) in [4.78, 5) is 32.4. The molecule has 2 rings (SSSR count). The summed E-state index contributed by atoms with van der Waals surface area (Å²) in [7, 11) is 2.08. The van der Waals surface area contributed by atoms with Crippen molar-refractivity contribution in [1.82, 2.24) is 15.2 Å². The van der Waals surface area contributed by atoms with Crippen LogP contribution in [-0.4, -0.2) is 66.1 Å². The third kappa shape index (κ3) is 4.92. The first-order valence-electron chi connectivity index (χ1n) is 8.44. The maximum atomic E-state index is 12.4. The van der Waals surface area contributed by atoms with E-state index in [1.165, 1.54) is 0 Å². The maximum Gasteiger partial charge on any atom is 0.326 e. The van der Waals surface area contributed by atoms with Crippen LogP contribution in [0.2, 0.25) is 0 Å². The zero-order valence-corrected chi connectivity index (χ0v) is 14.4. The van der Waals surface area contributed by atoms with Gasteiger partial charge in [-0.05, 0) is 25.6 Å². The minimum absolute atomic E-state index is 0.365. The van der Waals surface area contributed by atoms with Crippen LogP contribution in [0.5, 0.6) is 0 Å². The Morgan fingerprint density at radius 2 is 2.04 bits per heavy atom. The van der Waals surface area contributed by atoms with Gasteiger partial charge < -0.3 is 20.2 Å². The van der Waals surface area contributed by atoms with E-state index in [1.54, 1.807) is 18.3 Å². The van der Waals surface area contributed by atoms with Crippen LogP contribution in [0.3, 0.4) is 0 Å². The lowest BCUT2D eigenvalue weighted by Gasteiger charge is -2.33. The van der Waals surface area contributed by atoms with Gasteiger partial charge in [0.1, 0.15) is 11.9 Å². The van der Waals surface area contributed by atoms with E-state index in [9.17, 15) is 14.7 Å². The highest BCUT2D eigenvalue weighted by molar-refractivity contribution is 5.97. The van der Waals surface area contributed by atoms with Crippen molar-refractivity contribution in [2.45, 2.75) is 32.2 Å². The van der Waals surface area contributed by atoms with Gasteiger partial charge in [-0.15, -0.1) is 0 Å². The van der Waals surface area contributed by atoms with E-state index in [0.717, 1.165) is 44.8 Å². The molecule has 24 heavy (non-hydrogen) atoms. The van der Waals surface area contributed by atoms with Crippen LogP contribution >= 0.6 is 0 Å².